The molecule has 0 spiro atoms. The van der Waals surface area contributed by atoms with E-state index in [1.807, 2.05) is 36.2 Å². The van der Waals surface area contributed by atoms with Gasteiger partial charge in [0, 0.05) is 30.9 Å². The summed E-state index contributed by atoms with van der Waals surface area (Å²) in [7, 11) is 1.93. The molecule has 0 aliphatic carbocycles. The summed E-state index contributed by atoms with van der Waals surface area (Å²) in [6.45, 7) is 0.644. The van der Waals surface area contributed by atoms with E-state index in [4.69, 9.17) is 15.7 Å². The molecule has 0 bridgehead atoms. The predicted molar refractivity (Wildman–Crippen MR) is 97.3 cm³/mol. The molecule has 0 radical (unpaired) electrons. The zero-order valence-electron chi connectivity index (χ0n) is 14.3. The van der Waals surface area contributed by atoms with Crippen LogP contribution in [-0.2, 0) is 0 Å². The first kappa shape index (κ1) is 17.2. The molecule has 6 nitrogen and oxygen atoms in total. The first-order valence-corrected chi connectivity index (χ1v) is 8.13. The summed E-state index contributed by atoms with van der Waals surface area (Å²) in [5.74, 6) is 0.209. The number of hydrogen-bond acceptors (Lipinski definition) is 6. The Hall–Kier alpha value is -3.64. The van der Waals surface area contributed by atoms with Crippen molar-refractivity contribution in [3.8, 4) is 23.6 Å². The van der Waals surface area contributed by atoms with Gasteiger partial charge in [-0.15, -0.1) is 0 Å². The number of rotatable bonds is 4. The van der Waals surface area contributed by atoms with Gasteiger partial charge < -0.3 is 20.5 Å². The van der Waals surface area contributed by atoms with Gasteiger partial charge in [-0.3, -0.25) is 0 Å². The maximum Gasteiger partial charge on any atom is 0.205 e. The average molecular weight is 346 g/mol. The number of aromatic hydroxyl groups is 1. The lowest BCUT2D eigenvalue weighted by molar-refractivity contribution is 0.388. The maximum atomic E-state index is 9.69. The molecule has 1 atom stereocenters. The number of benzene rings is 2. The van der Waals surface area contributed by atoms with E-state index >= 15 is 0 Å². The van der Waals surface area contributed by atoms with E-state index < -0.39 is 0 Å². The number of phenols is 1. The lowest BCUT2D eigenvalue weighted by atomic mass is 9.83. The van der Waals surface area contributed by atoms with Crippen LogP contribution in [0.3, 0.4) is 0 Å². The minimum atomic E-state index is -0.359. The van der Waals surface area contributed by atoms with Crippen LogP contribution >= 0.6 is 0 Å². The molecule has 0 amide bonds. The molecule has 1 aliphatic rings. The van der Waals surface area contributed by atoms with Crippen LogP contribution in [0.4, 0.5) is 5.69 Å². The van der Waals surface area contributed by atoms with Crippen molar-refractivity contribution in [2.24, 2.45) is 5.73 Å². The molecule has 1 heterocycles. The van der Waals surface area contributed by atoms with Crippen LogP contribution in [0.2, 0.25) is 0 Å². The fourth-order valence-electron chi connectivity index (χ4n) is 3.06. The summed E-state index contributed by atoms with van der Waals surface area (Å²) >= 11 is 0. The number of nitrogens with zero attached hydrogens (tertiary/aromatic N) is 3. The highest BCUT2D eigenvalue weighted by molar-refractivity contribution is 5.58. The van der Waals surface area contributed by atoms with Crippen LogP contribution in [0.25, 0.3) is 0 Å². The van der Waals surface area contributed by atoms with Gasteiger partial charge in [0.1, 0.15) is 23.1 Å². The van der Waals surface area contributed by atoms with Crippen LogP contribution in [0.5, 0.6) is 11.5 Å². The van der Waals surface area contributed by atoms with Crippen molar-refractivity contribution in [1.29, 1.82) is 10.5 Å². The highest BCUT2D eigenvalue weighted by atomic mass is 16.5. The average Bonchev–Trinajstić information content (AvgIpc) is 2.65. The first-order chi connectivity index (χ1) is 12.5. The summed E-state index contributed by atoms with van der Waals surface area (Å²) < 4.78 is 5.51. The largest absolute Gasteiger partial charge is 0.508 e. The van der Waals surface area contributed by atoms with Crippen molar-refractivity contribution in [2.45, 2.75) is 12.3 Å². The standard InChI is InChI=1S/C20H18N4O2/c1-24(10-2-9-21)14-5-3-13(4-6-14)19-16-8-7-15(25)11-18(16)26-20(23)17(19)12-22/h3-8,11,19,25H,2,10,23H2,1H3/t19-/m0/s1. The number of nitriles is 2. The predicted octanol–water partition coefficient (Wildman–Crippen LogP) is 2.96. The van der Waals surface area contributed by atoms with E-state index in [1.165, 1.54) is 6.07 Å². The first-order valence-electron chi connectivity index (χ1n) is 8.13. The normalized spacial score (nSPS) is 15.4. The van der Waals surface area contributed by atoms with Gasteiger partial charge in [-0.2, -0.15) is 10.5 Å². The molecule has 130 valence electrons. The van der Waals surface area contributed by atoms with Crippen LogP contribution < -0.4 is 15.4 Å². The van der Waals surface area contributed by atoms with Crippen LogP contribution in [0.15, 0.2) is 53.9 Å². The second-order valence-corrected chi connectivity index (χ2v) is 6.07. The Morgan fingerprint density at radius 3 is 2.58 bits per heavy atom. The number of anilines is 1. The molecule has 0 unspecified atom stereocenters. The highest BCUT2D eigenvalue weighted by Gasteiger charge is 2.30. The second kappa shape index (κ2) is 7.08. The molecule has 2 aromatic carbocycles. The number of phenolic OH excluding ortho intramolecular Hbond substituents is 1. The molecule has 0 aromatic heterocycles. The zero-order valence-corrected chi connectivity index (χ0v) is 14.3. The van der Waals surface area contributed by atoms with E-state index in [1.54, 1.807) is 12.1 Å². The van der Waals surface area contributed by atoms with Gasteiger partial charge in [-0.1, -0.05) is 18.2 Å². The second-order valence-electron chi connectivity index (χ2n) is 6.07. The number of hydrogen-bond donors (Lipinski definition) is 2. The topological polar surface area (TPSA) is 106 Å². The van der Waals surface area contributed by atoms with Crippen LogP contribution in [0.1, 0.15) is 23.5 Å². The van der Waals surface area contributed by atoms with Crippen molar-refractivity contribution >= 4 is 5.69 Å². The van der Waals surface area contributed by atoms with Gasteiger partial charge in [-0.05, 0) is 23.8 Å². The minimum Gasteiger partial charge on any atom is -0.508 e. The van der Waals surface area contributed by atoms with Gasteiger partial charge in [0.15, 0.2) is 0 Å². The Morgan fingerprint density at radius 2 is 1.92 bits per heavy atom. The Kier molecular flexibility index (Phi) is 4.68. The molecule has 3 rings (SSSR count). The highest BCUT2D eigenvalue weighted by Crippen LogP contribution is 2.43. The summed E-state index contributed by atoms with van der Waals surface area (Å²) in [5, 5.41) is 28.0. The van der Waals surface area contributed by atoms with Gasteiger partial charge in [0.05, 0.1) is 18.4 Å². The third kappa shape index (κ3) is 3.13. The van der Waals surface area contributed by atoms with E-state index in [0.717, 1.165) is 16.8 Å². The zero-order chi connectivity index (χ0) is 18.7. The molecule has 0 saturated carbocycles. The molecule has 2 aromatic rings. The molecule has 3 N–H and O–H groups in total. The number of ether oxygens (including phenoxy) is 1. The van der Waals surface area contributed by atoms with Gasteiger partial charge in [0.25, 0.3) is 0 Å². The smallest absolute Gasteiger partial charge is 0.205 e. The Bertz CT molecular complexity index is 936. The van der Waals surface area contributed by atoms with Crippen molar-refractivity contribution in [1.82, 2.24) is 0 Å². The third-order valence-corrected chi connectivity index (χ3v) is 4.43. The number of nitrogens with two attached hydrogens (primary N) is 1. The molecular formula is C20H18N4O2. The Labute approximate surface area is 152 Å². The van der Waals surface area contributed by atoms with Gasteiger partial charge in [-0.25, -0.2) is 0 Å². The molecule has 26 heavy (non-hydrogen) atoms. The molecule has 0 saturated heterocycles. The number of fused-ring (bicyclic) bond motifs is 1. The van der Waals surface area contributed by atoms with Crippen molar-refractivity contribution in [3.63, 3.8) is 0 Å². The summed E-state index contributed by atoms with van der Waals surface area (Å²) in [6.07, 6.45) is 0.451. The molecular weight excluding hydrogens is 328 g/mol. The van der Waals surface area contributed by atoms with Gasteiger partial charge in [0.2, 0.25) is 5.88 Å². The summed E-state index contributed by atoms with van der Waals surface area (Å²) in [6, 6.07) is 16.9. The SMILES string of the molecule is CN(CCC#N)c1ccc([C@@H]2C(C#N)=C(N)Oc3cc(O)ccc32)cc1. The molecule has 6 heteroatoms. The quantitative estimate of drug-likeness (QED) is 0.881. The fraction of sp³-hybridized carbons (Fsp3) is 0.200. The third-order valence-electron chi connectivity index (χ3n) is 4.43. The Morgan fingerprint density at radius 1 is 1.19 bits per heavy atom. The fourth-order valence-corrected chi connectivity index (χ4v) is 3.06. The molecule has 1 aliphatic heterocycles. The monoisotopic (exact) mass is 346 g/mol. The van der Waals surface area contributed by atoms with Crippen LogP contribution in [-0.4, -0.2) is 18.7 Å². The van der Waals surface area contributed by atoms with Gasteiger partial charge >= 0.3 is 0 Å². The number of allylic oxidation sites excluding steroid dienone is 1. The lowest BCUT2D eigenvalue weighted by Gasteiger charge is -2.27. The van der Waals surface area contributed by atoms with E-state index in [0.29, 0.717) is 24.3 Å². The maximum absolute atomic E-state index is 9.69. The van der Waals surface area contributed by atoms with Crippen molar-refractivity contribution in [3.05, 3.63) is 65.0 Å². The van der Waals surface area contributed by atoms with Crippen molar-refractivity contribution < 1.29 is 9.84 Å². The van der Waals surface area contributed by atoms with E-state index in [-0.39, 0.29) is 17.6 Å². The minimum absolute atomic E-state index is 0.0471. The summed E-state index contributed by atoms with van der Waals surface area (Å²) in [4.78, 5) is 2.00. The Balaban J connectivity index is 2.00. The molecule has 0 fully saturated rings. The van der Waals surface area contributed by atoms with E-state index in [2.05, 4.69) is 12.1 Å². The van der Waals surface area contributed by atoms with Crippen LogP contribution in [0, 0.1) is 22.7 Å². The summed E-state index contributed by atoms with van der Waals surface area (Å²) in [5.41, 5.74) is 8.93. The van der Waals surface area contributed by atoms with E-state index in [9.17, 15) is 10.4 Å². The van der Waals surface area contributed by atoms with Crippen molar-refractivity contribution in [2.75, 3.05) is 18.5 Å². The lowest BCUT2D eigenvalue weighted by Crippen LogP contribution is -2.21.